The SMILES string of the molecule is C[C@H](NC(=O)[C@@H](O)c1cc(F)cc(F)c1)C(=O)N[C@H]1CC=C(c2ccccc2)CN(C)C1=O. The van der Waals surface area contributed by atoms with Crippen molar-refractivity contribution < 1.29 is 28.3 Å². The lowest BCUT2D eigenvalue weighted by Gasteiger charge is -2.23. The molecule has 0 fully saturated rings. The van der Waals surface area contributed by atoms with Crippen LogP contribution in [0.3, 0.4) is 0 Å². The van der Waals surface area contributed by atoms with Crippen LogP contribution in [0.4, 0.5) is 8.78 Å². The van der Waals surface area contributed by atoms with E-state index in [-0.39, 0.29) is 17.9 Å². The molecule has 0 radical (unpaired) electrons. The van der Waals surface area contributed by atoms with Crippen LogP contribution < -0.4 is 10.6 Å². The summed E-state index contributed by atoms with van der Waals surface area (Å²) in [4.78, 5) is 39.1. The van der Waals surface area contributed by atoms with E-state index in [1.54, 1.807) is 7.05 Å². The molecular formula is C24H25F2N3O4. The fourth-order valence-electron chi connectivity index (χ4n) is 3.55. The van der Waals surface area contributed by atoms with E-state index in [4.69, 9.17) is 0 Å². The molecule has 0 bridgehead atoms. The highest BCUT2D eigenvalue weighted by molar-refractivity contribution is 5.93. The highest BCUT2D eigenvalue weighted by Crippen LogP contribution is 2.21. The first-order chi connectivity index (χ1) is 15.7. The second-order valence-corrected chi connectivity index (χ2v) is 7.92. The zero-order chi connectivity index (χ0) is 24.1. The van der Waals surface area contributed by atoms with Gasteiger partial charge in [-0.1, -0.05) is 36.4 Å². The molecule has 2 aromatic rings. The van der Waals surface area contributed by atoms with E-state index in [0.29, 0.717) is 12.6 Å². The first-order valence-electron chi connectivity index (χ1n) is 10.4. The number of amides is 3. The van der Waals surface area contributed by atoms with Gasteiger partial charge in [-0.2, -0.15) is 0 Å². The minimum atomic E-state index is -1.87. The maximum absolute atomic E-state index is 13.4. The molecule has 2 aromatic carbocycles. The van der Waals surface area contributed by atoms with Crippen LogP contribution in [0.15, 0.2) is 54.6 Å². The predicted octanol–water partition coefficient (Wildman–Crippen LogP) is 1.93. The molecule has 0 spiro atoms. The number of rotatable bonds is 6. The number of hydrogen-bond acceptors (Lipinski definition) is 4. The Morgan fingerprint density at radius 3 is 2.36 bits per heavy atom. The Hall–Kier alpha value is -3.59. The van der Waals surface area contributed by atoms with Gasteiger partial charge in [0.25, 0.3) is 5.91 Å². The van der Waals surface area contributed by atoms with Crippen LogP contribution in [-0.4, -0.2) is 53.4 Å². The second-order valence-electron chi connectivity index (χ2n) is 7.92. The van der Waals surface area contributed by atoms with Crippen molar-refractivity contribution in [2.75, 3.05) is 13.6 Å². The van der Waals surface area contributed by atoms with Gasteiger partial charge in [0.2, 0.25) is 11.8 Å². The van der Waals surface area contributed by atoms with Crippen molar-refractivity contribution in [2.24, 2.45) is 0 Å². The zero-order valence-corrected chi connectivity index (χ0v) is 18.2. The molecular weight excluding hydrogens is 432 g/mol. The molecule has 1 heterocycles. The Bertz CT molecular complexity index is 1050. The van der Waals surface area contributed by atoms with Crippen molar-refractivity contribution >= 4 is 23.3 Å². The van der Waals surface area contributed by atoms with Gasteiger partial charge in [-0.25, -0.2) is 8.78 Å². The topological polar surface area (TPSA) is 98.7 Å². The van der Waals surface area contributed by atoms with Crippen LogP contribution in [0.25, 0.3) is 5.57 Å². The molecule has 7 nitrogen and oxygen atoms in total. The highest BCUT2D eigenvalue weighted by Gasteiger charge is 2.29. The lowest BCUT2D eigenvalue weighted by atomic mass is 10.0. The molecule has 174 valence electrons. The monoisotopic (exact) mass is 457 g/mol. The quantitative estimate of drug-likeness (QED) is 0.618. The Balaban J connectivity index is 1.64. The lowest BCUT2D eigenvalue weighted by Crippen LogP contribution is -2.53. The second kappa shape index (κ2) is 10.4. The van der Waals surface area contributed by atoms with E-state index < -0.39 is 41.6 Å². The molecule has 3 N–H and O–H groups in total. The molecule has 3 rings (SSSR count). The molecule has 33 heavy (non-hydrogen) atoms. The largest absolute Gasteiger partial charge is 0.378 e. The number of nitrogens with zero attached hydrogens (tertiary/aromatic N) is 1. The van der Waals surface area contributed by atoms with Gasteiger partial charge in [-0.3, -0.25) is 14.4 Å². The number of aliphatic hydroxyl groups is 1. The first-order valence-corrected chi connectivity index (χ1v) is 10.4. The predicted molar refractivity (Wildman–Crippen MR) is 118 cm³/mol. The zero-order valence-electron chi connectivity index (χ0n) is 18.2. The minimum absolute atomic E-state index is 0.269. The van der Waals surface area contributed by atoms with E-state index >= 15 is 0 Å². The van der Waals surface area contributed by atoms with Crippen molar-refractivity contribution in [2.45, 2.75) is 31.5 Å². The Morgan fingerprint density at radius 2 is 1.73 bits per heavy atom. The number of aliphatic hydroxyl groups excluding tert-OH is 1. The maximum atomic E-state index is 13.4. The number of halogens is 2. The van der Waals surface area contributed by atoms with Gasteiger partial charge in [0, 0.05) is 19.7 Å². The molecule has 1 aliphatic heterocycles. The number of carbonyl (C=O) groups excluding carboxylic acids is 3. The van der Waals surface area contributed by atoms with E-state index in [1.807, 2.05) is 36.4 Å². The van der Waals surface area contributed by atoms with Crippen LogP contribution >= 0.6 is 0 Å². The van der Waals surface area contributed by atoms with Crippen LogP contribution in [-0.2, 0) is 14.4 Å². The fourth-order valence-corrected chi connectivity index (χ4v) is 3.55. The van der Waals surface area contributed by atoms with Crippen LogP contribution in [0.2, 0.25) is 0 Å². The summed E-state index contributed by atoms with van der Waals surface area (Å²) >= 11 is 0. The van der Waals surface area contributed by atoms with Gasteiger partial charge >= 0.3 is 0 Å². The van der Waals surface area contributed by atoms with E-state index in [9.17, 15) is 28.3 Å². The summed E-state index contributed by atoms with van der Waals surface area (Å²) < 4.78 is 26.7. The van der Waals surface area contributed by atoms with Gasteiger partial charge < -0.3 is 20.6 Å². The Labute approximate surface area is 190 Å². The normalized spacial score (nSPS) is 18.1. The summed E-state index contributed by atoms with van der Waals surface area (Å²) in [7, 11) is 1.64. The summed E-state index contributed by atoms with van der Waals surface area (Å²) in [6.45, 7) is 1.76. The summed E-state index contributed by atoms with van der Waals surface area (Å²) in [5.41, 5.74) is 1.65. The van der Waals surface area contributed by atoms with Crippen LogP contribution in [0, 0.1) is 11.6 Å². The van der Waals surface area contributed by atoms with Gasteiger partial charge in [-0.05, 0) is 42.2 Å². The third-order valence-electron chi connectivity index (χ3n) is 5.34. The highest BCUT2D eigenvalue weighted by atomic mass is 19.1. The third-order valence-corrected chi connectivity index (χ3v) is 5.34. The van der Waals surface area contributed by atoms with Crippen molar-refractivity contribution in [3.63, 3.8) is 0 Å². The smallest absolute Gasteiger partial charge is 0.254 e. The summed E-state index contributed by atoms with van der Waals surface area (Å²) in [5.74, 6) is -3.80. The van der Waals surface area contributed by atoms with Gasteiger partial charge in [0.1, 0.15) is 23.7 Å². The van der Waals surface area contributed by atoms with Gasteiger partial charge in [-0.15, -0.1) is 0 Å². The molecule has 0 saturated carbocycles. The Morgan fingerprint density at radius 1 is 1.09 bits per heavy atom. The van der Waals surface area contributed by atoms with Crippen molar-refractivity contribution in [1.82, 2.24) is 15.5 Å². The first kappa shape index (κ1) is 24.1. The van der Waals surface area contributed by atoms with Gasteiger partial charge in [0.05, 0.1) is 0 Å². The fraction of sp³-hybridized carbons (Fsp3) is 0.292. The Kier molecular flexibility index (Phi) is 7.55. The average Bonchev–Trinajstić information content (AvgIpc) is 2.92. The molecule has 0 unspecified atom stereocenters. The van der Waals surface area contributed by atoms with E-state index in [2.05, 4.69) is 10.6 Å². The van der Waals surface area contributed by atoms with Gasteiger partial charge in [0.15, 0.2) is 6.10 Å². The average molecular weight is 457 g/mol. The molecule has 0 aromatic heterocycles. The molecule has 9 heteroatoms. The van der Waals surface area contributed by atoms with Crippen LogP contribution in [0.5, 0.6) is 0 Å². The number of nitrogens with one attached hydrogen (secondary N) is 2. The van der Waals surface area contributed by atoms with Crippen LogP contribution in [0.1, 0.15) is 30.6 Å². The van der Waals surface area contributed by atoms with E-state index in [1.165, 1.54) is 11.8 Å². The summed E-state index contributed by atoms with van der Waals surface area (Å²) in [6, 6.07) is 9.92. The van der Waals surface area contributed by atoms with Crippen molar-refractivity contribution in [1.29, 1.82) is 0 Å². The minimum Gasteiger partial charge on any atom is -0.378 e. The maximum Gasteiger partial charge on any atom is 0.254 e. The number of likely N-dealkylation sites (N-methyl/N-ethyl adjacent to an activating group) is 1. The standard InChI is InChI=1S/C24H25F2N3O4/c1-14(27-23(32)21(30)17-10-18(25)12-19(26)11-17)22(31)28-20-9-8-16(13-29(2)24(20)33)15-6-4-3-5-7-15/h3-8,10-12,14,20-21,30H,9,13H2,1-2H3,(H,27,32)(H,28,31)/t14-,20-,21-/m0/s1. The summed E-state index contributed by atoms with van der Waals surface area (Å²) in [6.07, 6.45) is 0.297. The summed E-state index contributed by atoms with van der Waals surface area (Å²) in [5, 5.41) is 15.0. The molecule has 0 saturated heterocycles. The molecule has 3 atom stereocenters. The molecule has 3 amide bonds. The molecule has 0 aliphatic carbocycles. The number of carbonyl (C=O) groups is 3. The lowest BCUT2D eigenvalue weighted by molar-refractivity contribution is -0.136. The molecule has 1 aliphatic rings. The van der Waals surface area contributed by atoms with Crippen molar-refractivity contribution in [3.05, 3.63) is 77.4 Å². The third kappa shape index (κ3) is 6.01. The number of hydrogen-bond donors (Lipinski definition) is 3. The number of benzene rings is 2. The van der Waals surface area contributed by atoms with Crippen molar-refractivity contribution in [3.8, 4) is 0 Å². The van der Waals surface area contributed by atoms with E-state index in [0.717, 1.165) is 23.3 Å².